The number of aromatic nitrogens is 1. The van der Waals surface area contributed by atoms with Gasteiger partial charge in [0.25, 0.3) is 0 Å². The van der Waals surface area contributed by atoms with Crippen LogP contribution in [0.15, 0.2) is 79.0 Å². The number of methoxy groups -OCH3 is 1. The molecule has 0 aliphatic heterocycles. The van der Waals surface area contributed by atoms with Crippen LogP contribution in [0.3, 0.4) is 0 Å². The van der Waals surface area contributed by atoms with Gasteiger partial charge in [-0.15, -0.1) is 0 Å². The largest absolute Gasteiger partial charge is 0.493 e. The van der Waals surface area contributed by atoms with Crippen LogP contribution in [0.25, 0.3) is 10.9 Å². The molecule has 0 spiro atoms. The fourth-order valence-electron chi connectivity index (χ4n) is 4.39. The molecule has 1 amide bonds. The third-order valence-electron chi connectivity index (χ3n) is 6.23. The zero-order chi connectivity index (χ0) is 24.8. The Kier molecular flexibility index (Phi) is 7.76. The Morgan fingerprint density at radius 3 is 2.46 bits per heavy atom. The molecule has 4 aromatic rings. The smallest absolute Gasteiger partial charge is 0.220 e. The van der Waals surface area contributed by atoms with Gasteiger partial charge in [-0.2, -0.15) is 0 Å². The number of rotatable bonds is 10. The van der Waals surface area contributed by atoms with E-state index in [4.69, 9.17) is 9.47 Å². The van der Waals surface area contributed by atoms with Gasteiger partial charge in [-0.3, -0.25) is 4.79 Å². The highest BCUT2D eigenvalue weighted by atomic mass is 16.5. The molecule has 0 fully saturated rings. The van der Waals surface area contributed by atoms with Crippen LogP contribution in [0.1, 0.15) is 42.9 Å². The summed E-state index contributed by atoms with van der Waals surface area (Å²) in [4.78, 5) is 13.0. The number of carbonyl (C=O) groups excluding carboxylic acids is 1. The second kappa shape index (κ2) is 11.1. The number of nitrogens with zero attached hydrogens (tertiary/aromatic N) is 1. The van der Waals surface area contributed by atoms with E-state index in [9.17, 15) is 4.79 Å². The standard InChI is InChI=1S/C30H34N2O3/c1-21(2)18-31-30(33)17-25(26-19-32(3)27-13-9-8-12-24(26)27)23-14-15-28(34-4)29(16-23)35-20-22-10-6-5-7-11-22/h5-16,19,21,25H,17-18,20H2,1-4H3,(H,31,33)/t25-/m1/s1. The normalized spacial score (nSPS) is 12.0. The predicted molar refractivity (Wildman–Crippen MR) is 141 cm³/mol. The lowest BCUT2D eigenvalue weighted by molar-refractivity contribution is -0.121. The molecule has 1 atom stereocenters. The Labute approximate surface area is 207 Å². The van der Waals surface area contributed by atoms with E-state index in [-0.39, 0.29) is 11.8 Å². The third-order valence-corrected chi connectivity index (χ3v) is 6.23. The van der Waals surface area contributed by atoms with Crippen molar-refractivity contribution in [2.24, 2.45) is 13.0 Å². The van der Waals surface area contributed by atoms with Crippen molar-refractivity contribution in [3.8, 4) is 11.5 Å². The summed E-state index contributed by atoms with van der Waals surface area (Å²) in [7, 11) is 3.69. The second-order valence-electron chi connectivity index (χ2n) is 9.35. The minimum atomic E-state index is -0.127. The zero-order valence-electron chi connectivity index (χ0n) is 21.0. The van der Waals surface area contributed by atoms with E-state index >= 15 is 0 Å². The van der Waals surface area contributed by atoms with E-state index in [0.717, 1.165) is 27.6 Å². The van der Waals surface area contributed by atoms with E-state index in [2.05, 4.69) is 42.1 Å². The summed E-state index contributed by atoms with van der Waals surface area (Å²) in [6, 6.07) is 24.4. The number of carbonyl (C=O) groups is 1. The van der Waals surface area contributed by atoms with Crippen molar-refractivity contribution in [2.75, 3.05) is 13.7 Å². The number of nitrogens with one attached hydrogen (secondary N) is 1. The molecule has 0 unspecified atom stereocenters. The topological polar surface area (TPSA) is 52.5 Å². The monoisotopic (exact) mass is 470 g/mol. The highest BCUT2D eigenvalue weighted by molar-refractivity contribution is 5.86. The van der Waals surface area contributed by atoms with Gasteiger partial charge in [0.15, 0.2) is 11.5 Å². The average molecular weight is 471 g/mol. The number of amides is 1. The Bertz CT molecular complexity index is 1280. The molecule has 1 aromatic heterocycles. The van der Waals surface area contributed by atoms with Gasteiger partial charge >= 0.3 is 0 Å². The Morgan fingerprint density at radius 1 is 0.971 bits per heavy atom. The van der Waals surface area contributed by atoms with Crippen LogP contribution in [0.2, 0.25) is 0 Å². The summed E-state index contributed by atoms with van der Waals surface area (Å²) in [5.74, 6) is 1.65. The van der Waals surface area contributed by atoms with Crippen molar-refractivity contribution in [1.82, 2.24) is 9.88 Å². The molecule has 0 aliphatic carbocycles. The second-order valence-corrected chi connectivity index (χ2v) is 9.35. The van der Waals surface area contributed by atoms with E-state index in [1.807, 2.05) is 67.7 Å². The Hall–Kier alpha value is -3.73. The van der Waals surface area contributed by atoms with Crippen molar-refractivity contribution in [3.05, 3.63) is 95.7 Å². The van der Waals surface area contributed by atoms with Crippen molar-refractivity contribution in [1.29, 1.82) is 0 Å². The van der Waals surface area contributed by atoms with Gasteiger partial charge in [-0.05, 0) is 40.8 Å². The number of aryl methyl sites for hydroxylation is 1. The van der Waals surface area contributed by atoms with Crippen molar-refractivity contribution >= 4 is 16.8 Å². The molecular formula is C30H34N2O3. The predicted octanol–water partition coefficient (Wildman–Crippen LogP) is 6.06. The summed E-state index contributed by atoms with van der Waals surface area (Å²) in [6.07, 6.45) is 2.49. The lowest BCUT2D eigenvalue weighted by Gasteiger charge is -2.20. The molecule has 0 saturated heterocycles. The minimum Gasteiger partial charge on any atom is -0.493 e. The highest BCUT2D eigenvalue weighted by Crippen LogP contribution is 2.38. The first kappa shape index (κ1) is 24.4. The van der Waals surface area contributed by atoms with Gasteiger partial charge in [-0.1, -0.05) is 68.4 Å². The van der Waals surface area contributed by atoms with Crippen LogP contribution in [0.4, 0.5) is 0 Å². The molecule has 0 radical (unpaired) electrons. The Morgan fingerprint density at radius 2 is 1.71 bits per heavy atom. The maximum absolute atomic E-state index is 13.0. The first-order chi connectivity index (χ1) is 17.0. The fraction of sp³-hybridized carbons (Fsp3) is 0.300. The van der Waals surface area contributed by atoms with Crippen molar-refractivity contribution < 1.29 is 14.3 Å². The lowest BCUT2D eigenvalue weighted by Crippen LogP contribution is -2.28. The number of para-hydroxylation sites is 1. The summed E-state index contributed by atoms with van der Waals surface area (Å²) in [5.41, 5.74) is 4.37. The van der Waals surface area contributed by atoms with Crippen LogP contribution in [-0.2, 0) is 18.4 Å². The Balaban J connectivity index is 1.71. The van der Waals surface area contributed by atoms with Crippen molar-refractivity contribution in [2.45, 2.75) is 32.8 Å². The van der Waals surface area contributed by atoms with Crippen molar-refractivity contribution in [3.63, 3.8) is 0 Å². The molecule has 35 heavy (non-hydrogen) atoms. The lowest BCUT2D eigenvalue weighted by atomic mass is 9.87. The van der Waals surface area contributed by atoms with Crippen LogP contribution < -0.4 is 14.8 Å². The number of hydrogen-bond acceptors (Lipinski definition) is 3. The van der Waals surface area contributed by atoms with Gasteiger partial charge in [0, 0.05) is 43.0 Å². The molecule has 3 aromatic carbocycles. The third kappa shape index (κ3) is 5.86. The van der Waals surface area contributed by atoms with Crippen LogP contribution in [0.5, 0.6) is 11.5 Å². The van der Waals surface area contributed by atoms with Crippen LogP contribution >= 0.6 is 0 Å². The quantitative estimate of drug-likeness (QED) is 0.306. The zero-order valence-corrected chi connectivity index (χ0v) is 21.0. The molecule has 4 rings (SSSR count). The van der Waals surface area contributed by atoms with Gasteiger partial charge < -0.3 is 19.4 Å². The maximum atomic E-state index is 13.0. The number of hydrogen-bond donors (Lipinski definition) is 1. The van der Waals surface area contributed by atoms with Gasteiger partial charge in [0.05, 0.1) is 7.11 Å². The summed E-state index contributed by atoms with van der Waals surface area (Å²) in [5, 5.41) is 4.24. The van der Waals surface area contributed by atoms with E-state index in [0.29, 0.717) is 37.0 Å². The summed E-state index contributed by atoms with van der Waals surface area (Å²) < 4.78 is 13.9. The molecule has 182 valence electrons. The van der Waals surface area contributed by atoms with Crippen LogP contribution in [-0.4, -0.2) is 24.1 Å². The van der Waals surface area contributed by atoms with E-state index in [1.54, 1.807) is 7.11 Å². The van der Waals surface area contributed by atoms with E-state index < -0.39 is 0 Å². The number of benzene rings is 3. The molecule has 5 nitrogen and oxygen atoms in total. The molecule has 1 N–H and O–H groups in total. The van der Waals surface area contributed by atoms with E-state index in [1.165, 1.54) is 0 Å². The number of ether oxygens (including phenoxy) is 2. The SMILES string of the molecule is COc1ccc([C@@H](CC(=O)NCC(C)C)c2cn(C)c3ccccc23)cc1OCc1ccccc1. The molecule has 0 aliphatic rings. The molecule has 0 saturated carbocycles. The van der Waals surface area contributed by atoms with Gasteiger partial charge in [-0.25, -0.2) is 0 Å². The number of fused-ring (bicyclic) bond motifs is 1. The maximum Gasteiger partial charge on any atom is 0.220 e. The molecule has 0 bridgehead atoms. The van der Waals surface area contributed by atoms with Gasteiger partial charge in [0.2, 0.25) is 5.91 Å². The molecule has 1 heterocycles. The fourth-order valence-corrected chi connectivity index (χ4v) is 4.39. The molecule has 5 heteroatoms. The van der Waals surface area contributed by atoms with Crippen LogP contribution in [0, 0.1) is 5.92 Å². The first-order valence-electron chi connectivity index (χ1n) is 12.1. The summed E-state index contributed by atoms with van der Waals surface area (Å²) >= 11 is 0. The summed E-state index contributed by atoms with van der Waals surface area (Å²) in [6.45, 7) is 5.30. The van der Waals surface area contributed by atoms with Gasteiger partial charge in [0.1, 0.15) is 6.61 Å². The highest BCUT2D eigenvalue weighted by Gasteiger charge is 2.24. The first-order valence-corrected chi connectivity index (χ1v) is 12.1. The minimum absolute atomic E-state index is 0.0409. The average Bonchev–Trinajstić information content (AvgIpc) is 3.21. The molecular weight excluding hydrogens is 436 g/mol.